The standard InChI is InChI=1S/C17H15N3O2/c18-17(22)14-10-11-6-4-5-9-13(11)15(16(14)21)20-19-12-7-2-1-3-8-12/h1-10,16,19,21H,(H2,18,22). The SMILES string of the molecule is NC(=O)C1=Cc2ccccc2C(=NNc2ccccc2)C1O. The number of nitrogens with one attached hydrogen (secondary N) is 1. The Labute approximate surface area is 127 Å². The molecule has 0 saturated carbocycles. The second-order valence-corrected chi connectivity index (χ2v) is 4.93. The largest absolute Gasteiger partial charge is 0.382 e. The minimum Gasteiger partial charge on any atom is -0.382 e. The molecule has 1 amide bonds. The van der Waals surface area contributed by atoms with Gasteiger partial charge in [0, 0.05) is 5.56 Å². The molecule has 0 aliphatic heterocycles. The first-order chi connectivity index (χ1) is 10.7. The number of amides is 1. The van der Waals surface area contributed by atoms with Crippen LogP contribution in [0.15, 0.2) is 65.3 Å². The van der Waals surface area contributed by atoms with Gasteiger partial charge in [-0.3, -0.25) is 10.2 Å². The maximum atomic E-state index is 11.5. The number of aliphatic hydroxyl groups excluding tert-OH is 1. The zero-order valence-corrected chi connectivity index (χ0v) is 11.7. The van der Waals surface area contributed by atoms with Crippen LogP contribution < -0.4 is 11.2 Å². The summed E-state index contributed by atoms with van der Waals surface area (Å²) in [7, 11) is 0. The monoisotopic (exact) mass is 293 g/mol. The van der Waals surface area contributed by atoms with E-state index >= 15 is 0 Å². The molecule has 2 aromatic carbocycles. The fourth-order valence-electron chi connectivity index (χ4n) is 2.36. The normalized spacial score (nSPS) is 18.5. The Morgan fingerprint density at radius 2 is 1.77 bits per heavy atom. The van der Waals surface area contributed by atoms with Crippen molar-refractivity contribution in [2.24, 2.45) is 10.8 Å². The number of hydrazone groups is 1. The van der Waals surface area contributed by atoms with E-state index in [1.165, 1.54) is 0 Å². The summed E-state index contributed by atoms with van der Waals surface area (Å²) >= 11 is 0. The van der Waals surface area contributed by atoms with Crippen LogP contribution in [0.1, 0.15) is 11.1 Å². The molecular weight excluding hydrogens is 278 g/mol. The van der Waals surface area contributed by atoms with Crippen molar-refractivity contribution in [2.45, 2.75) is 6.10 Å². The highest BCUT2D eigenvalue weighted by Crippen LogP contribution is 2.25. The Balaban J connectivity index is 2.02. The average Bonchev–Trinajstić information content (AvgIpc) is 2.54. The van der Waals surface area contributed by atoms with Crippen molar-refractivity contribution in [2.75, 3.05) is 5.43 Å². The van der Waals surface area contributed by atoms with Crippen molar-refractivity contribution < 1.29 is 9.90 Å². The predicted octanol–water partition coefficient (Wildman–Crippen LogP) is 1.75. The maximum absolute atomic E-state index is 11.5. The molecule has 3 rings (SSSR count). The van der Waals surface area contributed by atoms with Crippen molar-refractivity contribution in [3.63, 3.8) is 0 Å². The summed E-state index contributed by atoms with van der Waals surface area (Å²) in [5.74, 6) is -0.658. The summed E-state index contributed by atoms with van der Waals surface area (Å²) in [4.78, 5) is 11.5. The van der Waals surface area contributed by atoms with Gasteiger partial charge in [-0.25, -0.2) is 0 Å². The van der Waals surface area contributed by atoms with Crippen LogP contribution >= 0.6 is 0 Å². The second-order valence-electron chi connectivity index (χ2n) is 4.93. The van der Waals surface area contributed by atoms with Crippen LogP contribution in [0.2, 0.25) is 0 Å². The zero-order valence-electron chi connectivity index (χ0n) is 11.7. The van der Waals surface area contributed by atoms with E-state index in [1.54, 1.807) is 6.08 Å². The first-order valence-electron chi connectivity index (χ1n) is 6.84. The molecule has 0 saturated heterocycles. The van der Waals surface area contributed by atoms with Gasteiger partial charge >= 0.3 is 0 Å². The summed E-state index contributed by atoms with van der Waals surface area (Å²) in [6.45, 7) is 0. The number of hydrogen-bond donors (Lipinski definition) is 3. The minimum absolute atomic E-state index is 0.132. The summed E-state index contributed by atoms with van der Waals surface area (Å²) in [5.41, 5.74) is 11.1. The second kappa shape index (κ2) is 5.83. The molecule has 2 aromatic rings. The lowest BCUT2D eigenvalue weighted by Crippen LogP contribution is -2.34. The first-order valence-corrected chi connectivity index (χ1v) is 6.84. The molecule has 0 heterocycles. The Morgan fingerprint density at radius 3 is 2.50 bits per heavy atom. The molecule has 0 fully saturated rings. The molecule has 4 N–H and O–H groups in total. The predicted molar refractivity (Wildman–Crippen MR) is 86.2 cm³/mol. The minimum atomic E-state index is -1.15. The van der Waals surface area contributed by atoms with Gasteiger partial charge in [-0.05, 0) is 23.8 Å². The molecule has 1 atom stereocenters. The Morgan fingerprint density at radius 1 is 1.09 bits per heavy atom. The number of carbonyl (C=O) groups is 1. The van der Waals surface area contributed by atoms with E-state index in [2.05, 4.69) is 10.5 Å². The Bertz CT molecular complexity index is 766. The lowest BCUT2D eigenvalue weighted by molar-refractivity contribution is -0.115. The molecule has 5 nitrogen and oxygen atoms in total. The van der Waals surface area contributed by atoms with Gasteiger partial charge in [0.1, 0.15) is 11.8 Å². The van der Waals surface area contributed by atoms with Gasteiger partial charge in [-0.1, -0.05) is 42.5 Å². The molecule has 0 spiro atoms. The van der Waals surface area contributed by atoms with Crippen molar-refractivity contribution in [1.29, 1.82) is 0 Å². The van der Waals surface area contributed by atoms with Crippen molar-refractivity contribution in [3.05, 3.63) is 71.3 Å². The fraction of sp³-hybridized carbons (Fsp3) is 0.0588. The number of aliphatic hydroxyl groups is 1. The van der Waals surface area contributed by atoms with Gasteiger partial charge in [0.05, 0.1) is 11.3 Å². The number of benzene rings is 2. The highest BCUT2D eigenvalue weighted by Gasteiger charge is 2.29. The van der Waals surface area contributed by atoms with E-state index in [-0.39, 0.29) is 5.57 Å². The number of anilines is 1. The van der Waals surface area contributed by atoms with E-state index < -0.39 is 12.0 Å². The molecule has 0 bridgehead atoms. The Hall–Kier alpha value is -2.92. The van der Waals surface area contributed by atoms with E-state index in [0.717, 1.165) is 16.8 Å². The Kier molecular flexibility index (Phi) is 3.72. The van der Waals surface area contributed by atoms with Crippen LogP contribution in [0.3, 0.4) is 0 Å². The van der Waals surface area contributed by atoms with Gasteiger partial charge in [0.25, 0.3) is 0 Å². The van der Waals surface area contributed by atoms with Gasteiger partial charge in [-0.15, -0.1) is 0 Å². The third-order valence-corrected chi connectivity index (χ3v) is 3.47. The first kappa shape index (κ1) is 14.0. The van der Waals surface area contributed by atoms with Gasteiger partial charge in [0.15, 0.2) is 0 Å². The van der Waals surface area contributed by atoms with Gasteiger partial charge in [0.2, 0.25) is 5.91 Å². The number of nitrogens with two attached hydrogens (primary N) is 1. The fourth-order valence-corrected chi connectivity index (χ4v) is 2.36. The van der Waals surface area contributed by atoms with Crippen LogP contribution in [0.4, 0.5) is 5.69 Å². The van der Waals surface area contributed by atoms with E-state index in [1.807, 2.05) is 54.6 Å². The van der Waals surface area contributed by atoms with Gasteiger partial charge in [-0.2, -0.15) is 5.10 Å². The number of primary amides is 1. The van der Waals surface area contributed by atoms with E-state index in [0.29, 0.717) is 5.71 Å². The number of carbonyl (C=O) groups excluding carboxylic acids is 1. The van der Waals surface area contributed by atoms with Crippen LogP contribution in [-0.2, 0) is 4.79 Å². The topological polar surface area (TPSA) is 87.7 Å². The molecule has 22 heavy (non-hydrogen) atoms. The molecule has 0 aromatic heterocycles. The highest BCUT2D eigenvalue weighted by atomic mass is 16.3. The number of fused-ring (bicyclic) bond motifs is 1. The van der Waals surface area contributed by atoms with Crippen molar-refractivity contribution in [3.8, 4) is 0 Å². The number of hydrogen-bond acceptors (Lipinski definition) is 4. The quantitative estimate of drug-likeness (QED) is 0.753. The van der Waals surface area contributed by atoms with Crippen LogP contribution in [0.5, 0.6) is 0 Å². The summed E-state index contributed by atoms with van der Waals surface area (Å²) in [6, 6.07) is 16.8. The molecule has 110 valence electrons. The average molecular weight is 293 g/mol. The lowest BCUT2D eigenvalue weighted by atomic mass is 9.88. The van der Waals surface area contributed by atoms with Crippen LogP contribution in [-0.4, -0.2) is 22.8 Å². The van der Waals surface area contributed by atoms with Gasteiger partial charge < -0.3 is 10.8 Å². The lowest BCUT2D eigenvalue weighted by Gasteiger charge is -2.22. The molecular formula is C17H15N3O2. The number of rotatable bonds is 3. The number of nitrogens with zero attached hydrogens (tertiary/aromatic N) is 1. The molecule has 5 heteroatoms. The molecule has 1 aliphatic carbocycles. The smallest absolute Gasteiger partial charge is 0.247 e. The molecule has 1 aliphatic rings. The summed E-state index contributed by atoms with van der Waals surface area (Å²) in [6.07, 6.45) is 0.452. The number of para-hydroxylation sites is 1. The third-order valence-electron chi connectivity index (χ3n) is 3.47. The molecule has 0 radical (unpaired) electrons. The molecule has 1 unspecified atom stereocenters. The van der Waals surface area contributed by atoms with Crippen LogP contribution in [0, 0.1) is 0 Å². The van der Waals surface area contributed by atoms with E-state index in [9.17, 15) is 9.90 Å². The highest BCUT2D eigenvalue weighted by molar-refractivity contribution is 6.17. The summed E-state index contributed by atoms with van der Waals surface area (Å²) in [5, 5.41) is 14.7. The van der Waals surface area contributed by atoms with Crippen LogP contribution in [0.25, 0.3) is 6.08 Å². The van der Waals surface area contributed by atoms with Crippen molar-refractivity contribution >= 4 is 23.4 Å². The zero-order chi connectivity index (χ0) is 15.5. The van der Waals surface area contributed by atoms with Crippen molar-refractivity contribution in [1.82, 2.24) is 0 Å². The summed E-state index contributed by atoms with van der Waals surface area (Å²) < 4.78 is 0. The third kappa shape index (κ3) is 2.62. The van der Waals surface area contributed by atoms with E-state index in [4.69, 9.17) is 5.73 Å². The maximum Gasteiger partial charge on any atom is 0.247 e.